The van der Waals surface area contributed by atoms with Crippen molar-refractivity contribution < 1.29 is 4.42 Å². The second-order valence-corrected chi connectivity index (χ2v) is 6.77. The monoisotopic (exact) mass is 432 g/mol. The van der Waals surface area contributed by atoms with Crippen molar-refractivity contribution in [3.63, 3.8) is 0 Å². The summed E-state index contributed by atoms with van der Waals surface area (Å²) < 4.78 is 6.00. The minimum Gasteiger partial charge on any atom is -0.453 e. The van der Waals surface area contributed by atoms with Crippen molar-refractivity contribution in [1.29, 1.82) is 0 Å². The lowest BCUT2D eigenvalue weighted by molar-refractivity contribution is 0.625. The van der Waals surface area contributed by atoms with E-state index in [0.717, 1.165) is 53.6 Å². The van der Waals surface area contributed by atoms with E-state index in [1.165, 1.54) is 0 Å². The van der Waals surface area contributed by atoms with Gasteiger partial charge in [-0.25, -0.2) is 9.97 Å². The lowest BCUT2D eigenvalue weighted by Crippen LogP contribution is -2.21. The predicted molar refractivity (Wildman–Crippen MR) is 126 cm³/mol. The molecule has 0 radical (unpaired) electrons. The number of rotatable bonds is 7. The summed E-state index contributed by atoms with van der Waals surface area (Å²) in [6.07, 6.45) is 2.25. The third kappa shape index (κ3) is 4.99. The molecule has 0 saturated heterocycles. The summed E-state index contributed by atoms with van der Waals surface area (Å²) in [6.45, 7) is 1.98. The van der Waals surface area contributed by atoms with Crippen LogP contribution in [0.2, 0.25) is 0 Å². The molecule has 2 heterocycles. The van der Waals surface area contributed by atoms with Gasteiger partial charge in [0.15, 0.2) is 11.6 Å². The molecule has 29 heavy (non-hydrogen) atoms. The molecule has 0 aliphatic rings. The standard InChI is InChI=1S/C22H24N4O.2ClH/c1-23-13-7-8-14-26(2)22-17-10-4-5-11-18(17)24-21(25-22)20-15-16-9-3-6-12-19(16)27-20;;/h3-6,9-12,15,23H,7-8,13-14H2,1-2H3;2*1H. The summed E-state index contributed by atoms with van der Waals surface area (Å²) in [5.41, 5.74) is 1.78. The minimum absolute atomic E-state index is 0. The van der Waals surface area contributed by atoms with Gasteiger partial charge in [-0.1, -0.05) is 30.3 Å². The second kappa shape index (κ2) is 10.4. The molecule has 2 aromatic carbocycles. The fourth-order valence-corrected chi connectivity index (χ4v) is 3.31. The summed E-state index contributed by atoms with van der Waals surface area (Å²) in [7, 11) is 4.08. The molecule has 0 aliphatic carbocycles. The molecule has 2 aromatic heterocycles. The topological polar surface area (TPSA) is 54.2 Å². The summed E-state index contributed by atoms with van der Waals surface area (Å²) in [4.78, 5) is 11.8. The number of nitrogens with one attached hydrogen (secondary N) is 1. The maximum atomic E-state index is 6.00. The highest BCUT2D eigenvalue weighted by molar-refractivity contribution is 5.91. The zero-order valence-electron chi connectivity index (χ0n) is 16.6. The molecule has 154 valence electrons. The molecular weight excluding hydrogens is 407 g/mol. The number of halogens is 2. The molecule has 7 heteroatoms. The van der Waals surface area contributed by atoms with E-state index in [9.17, 15) is 0 Å². The average molecular weight is 433 g/mol. The largest absolute Gasteiger partial charge is 0.453 e. The summed E-state index contributed by atoms with van der Waals surface area (Å²) in [6, 6.07) is 18.1. The van der Waals surface area contributed by atoms with Gasteiger partial charge < -0.3 is 14.6 Å². The molecule has 0 aliphatic heterocycles. The van der Waals surface area contributed by atoms with E-state index in [1.807, 2.05) is 55.6 Å². The van der Waals surface area contributed by atoms with E-state index in [0.29, 0.717) is 11.6 Å². The molecule has 0 unspecified atom stereocenters. The van der Waals surface area contributed by atoms with Crippen LogP contribution in [0.3, 0.4) is 0 Å². The summed E-state index contributed by atoms with van der Waals surface area (Å²) in [5.74, 6) is 2.27. The normalized spacial score (nSPS) is 10.6. The van der Waals surface area contributed by atoms with Gasteiger partial charge in [0.05, 0.1) is 5.52 Å². The highest BCUT2D eigenvalue weighted by Crippen LogP contribution is 2.30. The van der Waals surface area contributed by atoms with E-state index in [-0.39, 0.29) is 24.8 Å². The van der Waals surface area contributed by atoms with Crippen molar-refractivity contribution in [2.24, 2.45) is 0 Å². The van der Waals surface area contributed by atoms with Crippen molar-refractivity contribution in [2.45, 2.75) is 12.8 Å². The first-order valence-electron chi connectivity index (χ1n) is 9.38. The Kier molecular flexibility index (Phi) is 8.26. The van der Waals surface area contributed by atoms with Gasteiger partial charge in [-0.3, -0.25) is 0 Å². The Hall–Kier alpha value is -2.34. The second-order valence-electron chi connectivity index (χ2n) is 6.77. The number of unbranched alkanes of at least 4 members (excludes halogenated alkanes) is 1. The highest BCUT2D eigenvalue weighted by atomic mass is 35.5. The molecule has 0 fully saturated rings. The summed E-state index contributed by atoms with van der Waals surface area (Å²) >= 11 is 0. The highest BCUT2D eigenvalue weighted by Gasteiger charge is 2.15. The van der Waals surface area contributed by atoms with Gasteiger partial charge in [0.25, 0.3) is 0 Å². The number of nitrogens with zero attached hydrogens (tertiary/aromatic N) is 3. The maximum Gasteiger partial charge on any atom is 0.198 e. The number of anilines is 1. The lowest BCUT2D eigenvalue weighted by Gasteiger charge is -2.20. The fraction of sp³-hybridized carbons (Fsp3) is 0.273. The first kappa shape index (κ1) is 22.9. The van der Waals surface area contributed by atoms with E-state index >= 15 is 0 Å². The minimum atomic E-state index is 0. The fourth-order valence-electron chi connectivity index (χ4n) is 3.31. The number of benzene rings is 2. The van der Waals surface area contributed by atoms with Crippen LogP contribution in [-0.2, 0) is 0 Å². The van der Waals surface area contributed by atoms with Gasteiger partial charge in [0, 0.05) is 24.4 Å². The van der Waals surface area contributed by atoms with Crippen LogP contribution in [-0.4, -0.2) is 37.2 Å². The van der Waals surface area contributed by atoms with Crippen molar-refractivity contribution in [1.82, 2.24) is 15.3 Å². The molecule has 5 nitrogen and oxygen atoms in total. The third-order valence-electron chi connectivity index (χ3n) is 4.76. The molecular formula is C22H26Cl2N4O. The van der Waals surface area contributed by atoms with Crippen LogP contribution in [0.25, 0.3) is 33.5 Å². The molecule has 0 amide bonds. The summed E-state index contributed by atoms with van der Waals surface area (Å²) in [5, 5.41) is 5.32. The van der Waals surface area contributed by atoms with Crippen molar-refractivity contribution in [3.05, 3.63) is 54.6 Å². The van der Waals surface area contributed by atoms with Crippen LogP contribution >= 0.6 is 24.8 Å². The first-order valence-corrected chi connectivity index (χ1v) is 9.38. The molecule has 0 bridgehead atoms. The molecule has 1 N–H and O–H groups in total. The number of furan rings is 1. The Balaban J connectivity index is 0.00000150. The van der Waals surface area contributed by atoms with Gasteiger partial charge in [0.1, 0.15) is 11.4 Å². The number of hydrogen-bond donors (Lipinski definition) is 1. The van der Waals surface area contributed by atoms with Crippen molar-refractivity contribution in [3.8, 4) is 11.6 Å². The zero-order valence-corrected chi connectivity index (χ0v) is 18.2. The van der Waals surface area contributed by atoms with E-state index < -0.39 is 0 Å². The maximum absolute atomic E-state index is 6.00. The van der Waals surface area contributed by atoms with E-state index in [1.54, 1.807) is 0 Å². The lowest BCUT2D eigenvalue weighted by atomic mass is 10.2. The molecule has 4 rings (SSSR count). The number of hydrogen-bond acceptors (Lipinski definition) is 5. The molecule has 4 aromatic rings. The molecule has 0 atom stereocenters. The van der Waals surface area contributed by atoms with Gasteiger partial charge in [-0.15, -0.1) is 24.8 Å². The van der Waals surface area contributed by atoms with Crippen molar-refractivity contribution in [2.75, 3.05) is 32.1 Å². The van der Waals surface area contributed by atoms with Crippen LogP contribution in [0.1, 0.15) is 12.8 Å². The quantitative estimate of drug-likeness (QED) is 0.400. The van der Waals surface area contributed by atoms with Crippen molar-refractivity contribution >= 4 is 52.5 Å². The Morgan fingerprint density at radius 1 is 0.966 bits per heavy atom. The van der Waals surface area contributed by atoms with Gasteiger partial charge in [-0.2, -0.15) is 0 Å². The molecule has 0 saturated carbocycles. The predicted octanol–water partition coefficient (Wildman–Crippen LogP) is 5.32. The zero-order chi connectivity index (χ0) is 18.6. The molecule has 0 spiro atoms. The Bertz CT molecular complexity index is 1030. The Morgan fingerprint density at radius 3 is 2.52 bits per heavy atom. The van der Waals surface area contributed by atoms with E-state index in [2.05, 4.69) is 23.3 Å². The van der Waals surface area contributed by atoms with Crippen LogP contribution in [0.15, 0.2) is 59.0 Å². The van der Waals surface area contributed by atoms with Crippen LogP contribution in [0.5, 0.6) is 0 Å². The Morgan fingerprint density at radius 2 is 1.72 bits per heavy atom. The van der Waals surface area contributed by atoms with E-state index in [4.69, 9.17) is 14.4 Å². The SMILES string of the molecule is CNCCCCN(C)c1nc(-c2cc3ccccc3o2)nc2ccccc12.Cl.Cl. The van der Waals surface area contributed by atoms with Gasteiger partial charge >= 0.3 is 0 Å². The van der Waals surface area contributed by atoms with Crippen LogP contribution in [0, 0.1) is 0 Å². The smallest absolute Gasteiger partial charge is 0.198 e. The number of aromatic nitrogens is 2. The third-order valence-corrected chi connectivity index (χ3v) is 4.76. The number of fused-ring (bicyclic) bond motifs is 2. The van der Waals surface area contributed by atoms with Gasteiger partial charge in [0.2, 0.25) is 0 Å². The average Bonchev–Trinajstić information content (AvgIpc) is 3.14. The first-order chi connectivity index (χ1) is 13.3. The Labute approximate surface area is 183 Å². The van der Waals surface area contributed by atoms with Crippen LogP contribution < -0.4 is 10.2 Å². The van der Waals surface area contributed by atoms with Gasteiger partial charge in [-0.05, 0) is 50.7 Å². The number of para-hydroxylation sites is 2. The van der Waals surface area contributed by atoms with Crippen LogP contribution in [0.4, 0.5) is 5.82 Å².